The van der Waals surface area contributed by atoms with Crippen LogP contribution in [0.3, 0.4) is 0 Å². The van der Waals surface area contributed by atoms with Gasteiger partial charge < -0.3 is 0 Å². The molecule has 1 aromatic carbocycles. The lowest BCUT2D eigenvalue weighted by molar-refractivity contribution is 0.590. The monoisotopic (exact) mass is 321 g/mol. The molecule has 0 atom stereocenters. The van der Waals surface area contributed by atoms with Crippen molar-refractivity contribution in [2.24, 2.45) is 0 Å². The van der Waals surface area contributed by atoms with Crippen LogP contribution < -0.4 is 4.31 Å². The van der Waals surface area contributed by atoms with Crippen molar-refractivity contribution in [2.45, 2.75) is 11.3 Å². The van der Waals surface area contributed by atoms with E-state index >= 15 is 0 Å². The van der Waals surface area contributed by atoms with Gasteiger partial charge in [-0.1, -0.05) is 29.8 Å². The molecule has 0 saturated carbocycles. The first-order valence-electron chi connectivity index (χ1n) is 6.12. The summed E-state index contributed by atoms with van der Waals surface area (Å²) in [4.78, 5) is 3.72. The first kappa shape index (κ1) is 15.3. The maximum Gasteiger partial charge on any atom is 0.267 e. The summed E-state index contributed by atoms with van der Waals surface area (Å²) < 4.78 is 26.7. The predicted molar refractivity (Wildman–Crippen MR) is 80.5 cm³/mol. The molecule has 1 aromatic heterocycles. The standard InChI is InChI=1S/C14H12ClN3O2S/c15-14-13(8-4-10-17-14)21(19,20)18(11-5-9-16)12-6-2-1-3-7-12/h1-4,6-8,10H,5,11H2. The van der Waals surface area contributed by atoms with Gasteiger partial charge in [-0.3, -0.25) is 4.31 Å². The highest BCUT2D eigenvalue weighted by molar-refractivity contribution is 7.93. The number of para-hydroxylation sites is 1. The molecule has 5 nitrogen and oxygen atoms in total. The maximum atomic E-state index is 12.8. The van der Waals surface area contributed by atoms with E-state index in [1.54, 1.807) is 30.3 Å². The molecule has 0 radical (unpaired) electrons. The van der Waals surface area contributed by atoms with E-state index in [-0.39, 0.29) is 23.0 Å². The van der Waals surface area contributed by atoms with Gasteiger partial charge in [0, 0.05) is 12.7 Å². The van der Waals surface area contributed by atoms with Crippen LogP contribution in [-0.2, 0) is 10.0 Å². The Hall–Kier alpha value is -2.10. The zero-order chi connectivity index (χ0) is 15.3. The lowest BCUT2D eigenvalue weighted by atomic mass is 10.3. The summed E-state index contributed by atoms with van der Waals surface area (Å²) in [5.74, 6) is 0. The number of anilines is 1. The SMILES string of the molecule is N#CCCN(c1ccccc1)S(=O)(=O)c1cccnc1Cl. The molecule has 108 valence electrons. The first-order chi connectivity index (χ1) is 10.1. The fourth-order valence-corrected chi connectivity index (χ4v) is 3.71. The summed E-state index contributed by atoms with van der Waals surface area (Å²) in [5.41, 5.74) is 0.479. The van der Waals surface area contributed by atoms with E-state index in [1.165, 1.54) is 22.6 Å². The van der Waals surface area contributed by atoms with Gasteiger partial charge in [0.15, 0.2) is 0 Å². The van der Waals surface area contributed by atoms with Crippen molar-refractivity contribution in [3.8, 4) is 6.07 Å². The minimum absolute atomic E-state index is 0.0497. The molecule has 0 fully saturated rings. The normalized spacial score (nSPS) is 10.9. The Morgan fingerprint density at radius 1 is 1.19 bits per heavy atom. The number of hydrogen-bond donors (Lipinski definition) is 0. The first-order valence-corrected chi connectivity index (χ1v) is 7.94. The zero-order valence-corrected chi connectivity index (χ0v) is 12.5. The molecule has 1 heterocycles. The van der Waals surface area contributed by atoms with Gasteiger partial charge >= 0.3 is 0 Å². The minimum Gasteiger partial charge on any atom is -0.265 e. The Balaban J connectivity index is 2.51. The highest BCUT2D eigenvalue weighted by Gasteiger charge is 2.27. The Labute approximate surface area is 128 Å². The van der Waals surface area contributed by atoms with Gasteiger partial charge in [-0.15, -0.1) is 0 Å². The van der Waals surface area contributed by atoms with Crippen LogP contribution >= 0.6 is 11.6 Å². The third-order valence-corrected chi connectivity index (χ3v) is 5.04. The highest BCUT2D eigenvalue weighted by Crippen LogP contribution is 2.27. The van der Waals surface area contributed by atoms with E-state index in [2.05, 4.69) is 4.98 Å². The van der Waals surface area contributed by atoms with Crippen molar-refractivity contribution in [1.82, 2.24) is 4.98 Å². The summed E-state index contributed by atoms with van der Waals surface area (Å²) in [6.45, 7) is 0.0497. The Kier molecular flexibility index (Phi) is 4.78. The van der Waals surface area contributed by atoms with Crippen LogP contribution in [0.1, 0.15) is 6.42 Å². The number of sulfonamides is 1. The third kappa shape index (κ3) is 3.32. The van der Waals surface area contributed by atoms with Crippen LogP contribution in [0.4, 0.5) is 5.69 Å². The van der Waals surface area contributed by atoms with E-state index < -0.39 is 10.0 Å². The van der Waals surface area contributed by atoms with Gasteiger partial charge in [0.2, 0.25) is 0 Å². The van der Waals surface area contributed by atoms with Gasteiger partial charge in [-0.05, 0) is 24.3 Å². The van der Waals surface area contributed by atoms with Crippen molar-refractivity contribution in [3.63, 3.8) is 0 Å². The Morgan fingerprint density at radius 2 is 1.90 bits per heavy atom. The van der Waals surface area contributed by atoms with Crippen LogP contribution in [0.15, 0.2) is 53.6 Å². The number of aromatic nitrogens is 1. The molecule has 0 unspecified atom stereocenters. The van der Waals surface area contributed by atoms with Crippen LogP contribution in [0.25, 0.3) is 0 Å². The third-order valence-electron chi connectivity index (χ3n) is 2.76. The summed E-state index contributed by atoms with van der Waals surface area (Å²) >= 11 is 5.89. The van der Waals surface area contributed by atoms with Crippen LogP contribution in [0.2, 0.25) is 5.15 Å². The summed E-state index contributed by atoms with van der Waals surface area (Å²) in [7, 11) is -3.87. The second-order valence-electron chi connectivity index (χ2n) is 4.11. The Bertz CT molecular complexity index is 757. The molecule has 0 spiro atoms. The maximum absolute atomic E-state index is 12.8. The molecule has 21 heavy (non-hydrogen) atoms. The lowest BCUT2D eigenvalue weighted by Crippen LogP contribution is -2.32. The van der Waals surface area contributed by atoms with E-state index in [9.17, 15) is 8.42 Å². The molecule has 2 rings (SSSR count). The molecule has 0 aliphatic rings. The van der Waals surface area contributed by atoms with Crippen LogP contribution in [0.5, 0.6) is 0 Å². The largest absolute Gasteiger partial charge is 0.267 e. The average molecular weight is 322 g/mol. The number of nitriles is 1. The molecule has 0 aliphatic carbocycles. The molecule has 2 aromatic rings. The lowest BCUT2D eigenvalue weighted by Gasteiger charge is -2.23. The topological polar surface area (TPSA) is 74.1 Å². The number of benzene rings is 1. The Morgan fingerprint density at radius 3 is 2.52 bits per heavy atom. The minimum atomic E-state index is -3.87. The fraction of sp³-hybridized carbons (Fsp3) is 0.143. The van der Waals surface area contributed by atoms with Gasteiger partial charge in [-0.25, -0.2) is 13.4 Å². The van der Waals surface area contributed by atoms with Gasteiger partial charge in [-0.2, -0.15) is 5.26 Å². The van der Waals surface area contributed by atoms with Crippen LogP contribution in [-0.4, -0.2) is 19.9 Å². The van der Waals surface area contributed by atoms with Crippen molar-refractivity contribution < 1.29 is 8.42 Å². The number of nitrogens with zero attached hydrogens (tertiary/aromatic N) is 3. The quantitative estimate of drug-likeness (QED) is 0.794. The molecular formula is C14H12ClN3O2S. The number of hydrogen-bond acceptors (Lipinski definition) is 4. The van der Waals surface area contributed by atoms with Gasteiger partial charge in [0.1, 0.15) is 10.0 Å². The van der Waals surface area contributed by atoms with E-state index in [4.69, 9.17) is 16.9 Å². The molecular weight excluding hydrogens is 310 g/mol. The van der Waals surface area contributed by atoms with Gasteiger partial charge in [0.05, 0.1) is 18.2 Å². The van der Waals surface area contributed by atoms with Crippen LogP contribution in [0, 0.1) is 11.3 Å². The smallest absolute Gasteiger partial charge is 0.265 e. The number of rotatable bonds is 5. The number of pyridine rings is 1. The predicted octanol–water partition coefficient (Wildman–Crippen LogP) is 2.84. The van der Waals surface area contributed by atoms with E-state index in [0.717, 1.165) is 0 Å². The second kappa shape index (κ2) is 6.57. The summed E-state index contributed by atoms with van der Waals surface area (Å²) in [6.07, 6.45) is 1.50. The summed E-state index contributed by atoms with van der Waals surface area (Å²) in [6, 6.07) is 13.4. The average Bonchev–Trinajstić information content (AvgIpc) is 2.49. The molecule has 0 saturated heterocycles. The number of halogens is 1. The van der Waals surface area contributed by atoms with Gasteiger partial charge in [0.25, 0.3) is 10.0 Å². The van der Waals surface area contributed by atoms with Crippen molar-refractivity contribution >= 4 is 27.3 Å². The van der Waals surface area contributed by atoms with E-state index in [0.29, 0.717) is 5.69 Å². The van der Waals surface area contributed by atoms with Crippen molar-refractivity contribution in [2.75, 3.05) is 10.8 Å². The second-order valence-corrected chi connectivity index (χ2v) is 6.30. The molecule has 0 N–H and O–H groups in total. The van der Waals surface area contributed by atoms with Crippen molar-refractivity contribution in [3.05, 3.63) is 53.8 Å². The fourth-order valence-electron chi connectivity index (χ4n) is 1.82. The zero-order valence-electron chi connectivity index (χ0n) is 11.0. The molecule has 0 bridgehead atoms. The summed E-state index contributed by atoms with van der Waals surface area (Å²) in [5, 5.41) is 8.66. The van der Waals surface area contributed by atoms with Crippen molar-refractivity contribution in [1.29, 1.82) is 5.26 Å². The molecule has 7 heteroatoms. The molecule has 0 aliphatic heterocycles. The van der Waals surface area contributed by atoms with E-state index in [1.807, 2.05) is 6.07 Å². The highest BCUT2D eigenvalue weighted by atomic mass is 35.5. The molecule has 0 amide bonds.